The number of hydrogen-bond acceptors (Lipinski definition) is 3. The summed E-state index contributed by atoms with van der Waals surface area (Å²) in [5, 5.41) is 0. The highest BCUT2D eigenvalue weighted by molar-refractivity contribution is 5.08. The zero-order valence-electron chi connectivity index (χ0n) is 12.2. The van der Waals surface area contributed by atoms with Crippen molar-refractivity contribution in [2.75, 3.05) is 6.54 Å². The molecule has 1 saturated carbocycles. The molecule has 2 N–H and O–H groups in total. The first-order valence-corrected chi connectivity index (χ1v) is 7.33. The summed E-state index contributed by atoms with van der Waals surface area (Å²) in [7, 11) is 0. The maximum Gasteiger partial charge on any atom is 0.348 e. The zero-order valence-corrected chi connectivity index (χ0v) is 12.2. The first-order chi connectivity index (χ1) is 9.06. The fourth-order valence-electron chi connectivity index (χ4n) is 3.42. The fourth-order valence-corrected chi connectivity index (χ4v) is 3.42. The van der Waals surface area contributed by atoms with Crippen LogP contribution in [-0.4, -0.2) is 16.1 Å². The molecule has 0 radical (unpaired) electrons. The summed E-state index contributed by atoms with van der Waals surface area (Å²) < 4.78 is 1.88. The van der Waals surface area contributed by atoms with E-state index in [1.807, 2.05) is 24.5 Å². The molecule has 1 aromatic rings. The van der Waals surface area contributed by atoms with E-state index in [-0.39, 0.29) is 11.7 Å². The molecule has 0 aromatic carbocycles. The second kappa shape index (κ2) is 5.87. The van der Waals surface area contributed by atoms with Gasteiger partial charge in [-0.3, -0.25) is 4.57 Å². The van der Waals surface area contributed by atoms with Gasteiger partial charge in [0.05, 0.1) is 0 Å². The molecule has 106 valence electrons. The lowest BCUT2D eigenvalue weighted by Crippen LogP contribution is -2.39. The lowest BCUT2D eigenvalue weighted by molar-refractivity contribution is 0.177. The van der Waals surface area contributed by atoms with Gasteiger partial charge >= 0.3 is 5.69 Å². The molecule has 4 heteroatoms. The van der Waals surface area contributed by atoms with Gasteiger partial charge in [-0.25, -0.2) is 4.79 Å². The SMILES string of the molecule is CCC1CCC(CN)C(n2c(C)cc(C)nc2=O)C1. The normalized spacial score (nSPS) is 27.5. The monoisotopic (exact) mass is 263 g/mol. The van der Waals surface area contributed by atoms with E-state index < -0.39 is 0 Å². The summed E-state index contributed by atoms with van der Waals surface area (Å²) in [5.41, 5.74) is 7.61. The highest BCUT2D eigenvalue weighted by Gasteiger charge is 2.31. The minimum absolute atomic E-state index is 0.113. The van der Waals surface area contributed by atoms with Crippen molar-refractivity contribution in [1.82, 2.24) is 9.55 Å². The Hall–Kier alpha value is -1.16. The van der Waals surface area contributed by atoms with Gasteiger partial charge in [-0.1, -0.05) is 13.3 Å². The van der Waals surface area contributed by atoms with Gasteiger partial charge < -0.3 is 5.73 Å². The van der Waals surface area contributed by atoms with Gasteiger partial charge in [0.1, 0.15) is 0 Å². The van der Waals surface area contributed by atoms with Crippen molar-refractivity contribution in [3.8, 4) is 0 Å². The highest BCUT2D eigenvalue weighted by Crippen LogP contribution is 2.37. The Balaban J connectivity index is 2.39. The van der Waals surface area contributed by atoms with Crippen LogP contribution in [0.2, 0.25) is 0 Å². The van der Waals surface area contributed by atoms with Crippen molar-refractivity contribution in [2.45, 2.75) is 52.5 Å². The third-order valence-electron chi connectivity index (χ3n) is 4.55. The molecule has 0 bridgehead atoms. The molecule has 1 aliphatic carbocycles. The van der Waals surface area contributed by atoms with Crippen LogP contribution >= 0.6 is 0 Å². The molecule has 0 spiro atoms. The molecular weight excluding hydrogens is 238 g/mol. The molecule has 2 rings (SSSR count). The molecule has 1 aliphatic rings. The largest absolute Gasteiger partial charge is 0.348 e. The minimum atomic E-state index is -0.113. The topological polar surface area (TPSA) is 60.9 Å². The average Bonchev–Trinajstić information content (AvgIpc) is 2.37. The molecule has 1 heterocycles. The van der Waals surface area contributed by atoms with Crippen LogP contribution in [0, 0.1) is 25.7 Å². The lowest BCUT2D eigenvalue weighted by atomic mass is 9.77. The van der Waals surface area contributed by atoms with Crippen molar-refractivity contribution in [3.05, 3.63) is 27.9 Å². The number of nitrogens with two attached hydrogens (primary N) is 1. The van der Waals surface area contributed by atoms with Crippen LogP contribution in [-0.2, 0) is 0 Å². The van der Waals surface area contributed by atoms with Gasteiger partial charge in [0.25, 0.3) is 0 Å². The molecule has 3 atom stereocenters. The van der Waals surface area contributed by atoms with Gasteiger partial charge in [0, 0.05) is 17.4 Å². The van der Waals surface area contributed by atoms with Gasteiger partial charge in [0.2, 0.25) is 0 Å². The number of rotatable bonds is 3. The minimum Gasteiger partial charge on any atom is -0.330 e. The Kier molecular flexibility index (Phi) is 4.40. The second-order valence-electron chi connectivity index (χ2n) is 5.84. The van der Waals surface area contributed by atoms with Crippen molar-refractivity contribution < 1.29 is 0 Å². The van der Waals surface area contributed by atoms with E-state index in [9.17, 15) is 4.79 Å². The first-order valence-electron chi connectivity index (χ1n) is 7.33. The summed E-state index contributed by atoms with van der Waals surface area (Å²) >= 11 is 0. The number of nitrogens with zero attached hydrogens (tertiary/aromatic N) is 2. The Morgan fingerprint density at radius 3 is 2.74 bits per heavy atom. The van der Waals surface area contributed by atoms with Gasteiger partial charge in [-0.05, 0) is 57.6 Å². The van der Waals surface area contributed by atoms with Crippen LogP contribution in [0.1, 0.15) is 50.0 Å². The molecule has 1 aromatic heterocycles. The molecule has 19 heavy (non-hydrogen) atoms. The van der Waals surface area contributed by atoms with Crippen LogP contribution in [0.4, 0.5) is 0 Å². The van der Waals surface area contributed by atoms with E-state index in [4.69, 9.17) is 5.73 Å². The summed E-state index contributed by atoms with van der Waals surface area (Å²) in [6.45, 7) is 6.75. The van der Waals surface area contributed by atoms with E-state index in [0.29, 0.717) is 18.4 Å². The number of aromatic nitrogens is 2. The molecule has 0 amide bonds. The Bertz CT molecular complexity index is 495. The van der Waals surface area contributed by atoms with Gasteiger partial charge in [0.15, 0.2) is 0 Å². The first kappa shape index (κ1) is 14.3. The van der Waals surface area contributed by atoms with Crippen LogP contribution in [0.3, 0.4) is 0 Å². The summed E-state index contributed by atoms with van der Waals surface area (Å²) in [4.78, 5) is 16.3. The molecule has 3 unspecified atom stereocenters. The van der Waals surface area contributed by atoms with Crippen molar-refractivity contribution >= 4 is 0 Å². The number of hydrogen-bond donors (Lipinski definition) is 1. The van der Waals surface area contributed by atoms with E-state index >= 15 is 0 Å². The van der Waals surface area contributed by atoms with Crippen molar-refractivity contribution in [3.63, 3.8) is 0 Å². The maximum atomic E-state index is 12.2. The Labute approximate surface area is 115 Å². The smallest absolute Gasteiger partial charge is 0.330 e. The summed E-state index contributed by atoms with van der Waals surface area (Å²) in [6, 6.07) is 2.22. The van der Waals surface area contributed by atoms with E-state index in [1.54, 1.807) is 0 Å². The number of aryl methyl sites for hydroxylation is 2. The van der Waals surface area contributed by atoms with Crippen LogP contribution < -0.4 is 11.4 Å². The molecule has 0 saturated heterocycles. The maximum absolute atomic E-state index is 12.2. The summed E-state index contributed by atoms with van der Waals surface area (Å²) in [5.74, 6) is 1.11. The van der Waals surface area contributed by atoms with Crippen molar-refractivity contribution in [2.24, 2.45) is 17.6 Å². The third kappa shape index (κ3) is 2.89. The molecule has 1 fully saturated rings. The predicted octanol–water partition coefficient (Wildman–Crippen LogP) is 2.19. The fraction of sp³-hybridized carbons (Fsp3) is 0.733. The Morgan fingerprint density at radius 1 is 1.42 bits per heavy atom. The second-order valence-corrected chi connectivity index (χ2v) is 5.84. The third-order valence-corrected chi connectivity index (χ3v) is 4.55. The molecule has 4 nitrogen and oxygen atoms in total. The van der Waals surface area contributed by atoms with E-state index in [2.05, 4.69) is 11.9 Å². The average molecular weight is 263 g/mol. The highest BCUT2D eigenvalue weighted by atomic mass is 16.1. The molecular formula is C15H25N3O. The van der Waals surface area contributed by atoms with Crippen LogP contribution in [0.25, 0.3) is 0 Å². The van der Waals surface area contributed by atoms with Crippen LogP contribution in [0.15, 0.2) is 10.9 Å². The van der Waals surface area contributed by atoms with Gasteiger partial charge in [-0.2, -0.15) is 4.98 Å². The van der Waals surface area contributed by atoms with Crippen molar-refractivity contribution in [1.29, 1.82) is 0 Å². The van der Waals surface area contributed by atoms with E-state index in [0.717, 1.165) is 24.2 Å². The molecule has 0 aliphatic heterocycles. The Morgan fingerprint density at radius 2 is 2.16 bits per heavy atom. The van der Waals surface area contributed by atoms with Crippen LogP contribution in [0.5, 0.6) is 0 Å². The lowest BCUT2D eigenvalue weighted by Gasteiger charge is -2.37. The standard InChI is InChI=1S/C15H25N3O/c1-4-12-5-6-13(9-16)14(8-12)18-11(3)7-10(2)17-15(18)19/h7,12-14H,4-6,8-9,16H2,1-3H3. The predicted molar refractivity (Wildman–Crippen MR) is 77.2 cm³/mol. The van der Waals surface area contributed by atoms with Gasteiger partial charge in [-0.15, -0.1) is 0 Å². The quantitative estimate of drug-likeness (QED) is 0.909. The van der Waals surface area contributed by atoms with E-state index in [1.165, 1.54) is 12.8 Å². The zero-order chi connectivity index (χ0) is 14.0. The summed E-state index contributed by atoms with van der Waals surface area (Å²) in [6.07, 6.45) is 4.60.